The van der Waals surface area contributed by atoms with Crippen LogP contribution >= 0.6 is 0 Å². The average molecular weight is 142 g/mol. The van der Waals surface area contributed by atoms with Crippen molar-refractivity contribution in [3.05, 3.63) is 0 Å². The highest BCUT2D eigenvalue weighted by molar-refractivity contribution is 4.41. The standard InChI is InChI=1S/C6H14N4/c1-2-3-4-5-6-8-10-9-7/h7H,2-6H2,1H3. The monoisotopic (exact) mass is 142 g/mol. The molecular weight excluding hydrogens is 128 g/mol. The maximum absolute atomic E-state index is 6.28. The van der Waals surface area contributed by atoms with E-state index in [4.69, 9.17) is 5.53 Å². The van der Waals surface area contributed by atoms with Crippen LogP contribution in [0.4, 0.5) is 0 Å². The van der Waals surface area contributed by atoms with Crippen molar-refractivity contribution in [3.8, 4) is 0 Å². The van der Waals surface area contributed by atoms with E-state index in [0.29, 0.717) is 6.54 Å². The molecule has 0 heterocycles. The lowest BCUT2D eigenvalue weighted by Crippen LogP contribution is -1.79. The summed E-state index contributed by atoms with van der Waals surface area (Å²) in [6.07, 6.45) is 4.76. The van der Waals surface area contributed by atoms with Gasteiger partial charge in [0.05, 0.1) is 6.54 Å². The van der Waals surface area contributed by atoms with Gasteiger partial charge in [-0.25, -0.2) is 0 Å². The summed E-state index contributed by atoms with van der Waals surface area (Å²) in [6.45, 7) is 2.88. The first-order valence-electron chi connectivity index (χ1n) is 3.65. The highest BCUT2D eigenvalue weighted by atomic mass is 15.4. The smallest absolute Gasteiger partial charge is 0.0621 e. The zero-order valence-corrected chi connectivity index (χ0v) is 6.38. The Morgan fingerprint density at radius 3 is 2.60 bits per heavy atom. The molecular formula is C6H14N4. The van der Waals surface area contributed by atoms with Crippen molar-refractivity contribution in [3.63, 3.8) is 0 Å². The number of nitrogens with one attached hydrogen (secondary N) is 1. The normalized spacial score (nSPS) is 10.5. The van der Waals surface area contributed by atoms with Crippen molar-refractivity contribution >= 4 is 0 Å². The Kier molecular flexibility index (Phi) is 7.54. The van der Waals surface area contributed by atoms with Gasteiger partial charge in [-0.05, 0) is 16.9 Å². The summed E-state index contributed by atoms with van der Waals surface area (Å²) in [6, 6.07) is 0. The van der Waals surface area contributed by atoms with E-state index in [-0.39, 0.29) is 0 Å². The summed E-state index contributed by atoms with van der Waals surface area (Å²) in [4.78, 5) is 0. The van der Waals surface area contributed by atoms with Crippen LogP contribution < -0.4 is 0 Å². The molecule has 0 aliphatic carbocycles. The zero-order chi connectivity index (χ0) is 7.66. The van der Waals surface area contributed by atoms with Gasteiger partial charge in [0.15, 0.2) is 0 Å². The summed E-state index contributed by atoms with van der Waals surface area (Å²) in [5.41, 5.74) is 6.28. The van der Waals surface area contributed by atoms with Crippen LogP contribution in [0.1, 0.15) is 32.6 Å². The predicted molar refractivity (Wildman–Crippen MR) is 39.0 cm³/mol. The van der Waals surface area contributed by atoms with Gasteiger partial charge in [0.2, 0.25) is 0 Å². The van der Waals surface area contributed by atoms with Crippen molar-refractivity contribution in [1.29, 1.82) is 5.53 Å². The first kappa shape index (κ1) is 9.20. The highest BCUT2D eigenvalue weighted by Crippen LogP contribution is 1.98. The first-order valence-corrected chi connectivity index (χ1v) is 3.65. The number of unbranched alkanes of at least 4 members (excludes halogenated alkanes) is 3. The number of rotatable bonds is 6. The molecule has 0 aromatic heterocycles. The first-order chi connectivity index (χ1) is 4.91. The van der Waals surface area contributed by atoms with Crippen molar-refractivity contribution in [1.82, 2.24) is 0 Å². The Bertz CT molecular complexity index is 99.9. The van der Waals surface area contributed by atoms with Crippen LogP contribution in [0, 0.1) is 5.53 Å². The number of hydrogen-bond donors (Lipinski definition) is 1. The van der Waals surface area contributed by atoms with Gasteiger partial charge in [-0.2, -0.15) is 10.6 Å². The Morgan fingerprint density at radius 1 is 1.20 bits per heavy atom. The highest BCUT2D eigenvalue weighted by Gasteiger charge is 1.84. The molecule has 0 aromatic carbocycles. The summed E-state index contributed by atoms with van der Waals surface area (Å²) in [5.74, 6) is 0. The van der Waals surface area contributed by atoms with Gasteiger partial charge < -0.3 is 0 Å². The Labute approximate surface area is 61.2 Å². The summed E-state index contributed by atoms with van der Waals surface area (Å²) in [5, 5.41) is 9.58. The molecule has 0 amide bonds. The fourth-order valence-corrected chi connectivity index (χ4v) is 0.686. The summed E-state index contributed by atoms with van der Waals surface area (Å²) < 4.78 is 0. The SMILES string of the molecule is CCCCCCN=NN=N. The quantitative estimate of drug-likeness (QED) is 0.336. The topological polar surface area (TPSA) is 60.9 Å². The van der Waals surface area contributed by atoms with Crippen molar-refractivity contribution < 1.29 is 0 Å². The Hall–Kier alpha value is -0.800. The Morgan fingerprint density at radius 2 is 2.00 bits per heavy atom. The van der Waals surface area contributed by atoms with Crippen LogP contribution in [0.5, 0.6) is 0 Å². The van der Waals surface area contributed by atoms with E-state index in [9.17, 15) is 0 Å². The van der Waals surface area contributed by atoms with Gasteiger partial charge in [0.25, 0.3) is 0 Å². The van der Waals surface area contributed by atoms with Gasteiger partial charge in [-0.3, -0.25) is 0 Å². The molecule has 0 saturated carbocycles. The molecule has 0 atom stereocenters. The minimum atomic E-state index is 0.711. The fourth-order valence-electron chi connectivity index (χ4n) is 0.686. The Balaban J connectivity index is 2.90. The van der Waals surface area contributed by atoms with Gasteiger partial charge in [0, 0.05) is 0 Å². The molecule has 0 radical (unpaired) electrons. The minimum Gasteiger partial charge on any atom is -0.183 e. The molecule has 58 valence electrons. The van der Waals surface area contributed by atoms with Crippen LogP contribution in [0.2, 0.25) is 0 Å². The average Bonchev–Trinajstić information content (AvgIpc) is 1.97. The van der Waals surface area contributed by atoms with Gasteiger partial charge >= 0.3 is 0 Å². The molecule has 0 aliphatic heterocycles. The largest absolute Gasteiger partial charge is 0.183 e. The van der Waals surface area contributed by atoms with E-state index in [1.54, 1.807) is 0 Å². The molecule has 0 bridgehead atoms. The molecule has 0 aromatic rings. The van der Waals surface area contributed by atoms with Crippen molar-refractivity contribution in [2.24, 2.45) is 15.6 Å². The van der Waals surface area contributed by atoms with Crippen LogP contribution in [0.15, 0.2) is 15.6 Å². The van der Waals surface area contributed by atoms with Gasteiger partial charge in [0.1, 0.15) is 0 Å². The molecule has 0 saturated heterocycles. The molecule has 0 spiro atoms. The lowest BCUT2D eigenvalue weighted by atomic mass is 10.2. The fraction of sp³-hybridized carbons (Fsp3) is 1.00. The maximum Gasteiger partial charge on any atom is 0.0621 e. The third-order valence-electron chi connectivity index (χ3n) is 1.22. The molecule has 4 heteroatoms. The third kappa shape index (κ3) is 7.20. The molecule has 0 rings (SSSR count). The summed E-state index contributed by atoms with van der Waals surface area (Å²) >= 11 is 0. The molecule has 10 heavy (non-hydrogen) atoms. The second kappa shape index (κ2) is 8.20. The maximum atomic E-state index is 6.28. The van der Waals surface area contributed by atoms with E-state index in [1.807, 2.05) is 0 Å². The molecule has 0 fully saturated rings. The lowest BCUT2D eigenvalue weighted by Gasteiger charge is -1.91. The zero-order valence-electron chi connectivity index (χ0n) is 6.38. The number of hydrogen-bond acceptors (Lipinski definition) is 2. The molecule has 0 unspecified atom stereocenters. The van der Waals surface area contributed by atoms with E-state index < -0.39 is 0 Å². The predicted octanol–water partition coefficient (Wildman–Crippen LogP) is 2.96. The molecule has 1 N–H and O–H groups in total. The summed E-state index contributed by atoms with van der Waals surface area (Å²) in [7, 11) is 0. The molecule has 4 nitrogen and oxygen atoms in total. The number of nitrogens with zero attached hydrogens (tertiary/aromatic N) is 3. The van der Waals surface area contributed by atoms with E-state index in [0.717, 1.165) is 6.42 Å². The van der Waals surface area contributed by atoms with E-state index in [1.165, 1.54) is 19.3 Å². The molecule has 0 aliphatic rings. The van der Waals surface area contributed by atoms with E-state index in [2.05, 4.69) is 22.5 Å². The van der Waals surface area contributed by atoms with E-state index >= 15 is 0 Å². The van der Waals surface area contributed by atoms with Gasteiger partial charge in [-0.1, -0.05) is 26.2 Å². The minimum absolute atomic E-state index is 0.711. The lowest BCUT2D eigenvalue weighted by molar-refractivity contribution is 0.657. The van der Waals surface area contributed by atoms with Crippen LogP contribution in [0.3, 0.4) is 0 Å². The second-order valence-electron chi connectivity index (χ2n) is 2.12. The van der Waals surface area contributed by atoms with Crippen LogP contribution in [-0.4, -0.2) is 6.54 Å². The van der Waals surface area contributed by atoms with Crippen molar-refractivity contribution in [2.45, 2.75) is 32.6 Å². The van der Waals surface area contributed by atoms with Crippen molar-refractivity contribution in [2.75, 3.05) is 6.54 Å². The second-order valence-corrected chi connectivity index (χ2v) is 2.12. The third-order valence-corrected chi connectivity index (χ3v) is 1.22. The van der Waals surface area contributed by atoms with Crippen LogP contribution in [0.25, 0.3) is 0 Å². The van der Waals surface area contributed by atoms with Crippen LogP contribution in [-0.2, 0) is 0 Å². The van der Waals surface area contributed by atoms with Gasteiger partial charge in [-0.15, -0.1) is 0 Å².